The van der Waals surface area contributed by atoms with Crippen molar-refractivity contribution in [1.29, 1.82) is 0 Å². The van der Waals surface area contributed by atoms with Crippen molar-refractivity contribution >= 4 is 17.7 Å². The lowest BCUT2D eigenvalue weighted by Gasteiger charge is -2.38. The summed E-state index contributed by atoms with van der Waals surface area (Å²) in [7, 11) is 0. The lowest BCUT2D eigenvalue weighted by molar-refractivity contribution is -0.145. The van der Waals surface area contributed by atoms with Gasteiger partial charge in [-0.2, -0.15) is 0 Å². The fourth-order valence-corrected chi connectivity index (χ4v) is 4.14. The van der Waals surface area contributed by atoms with E-state index in [9.17, 15) is 14.4 Å². The van der Waals surface area contributed by atoms with Gasteiger partial charge < -0.3 is 9.47 Å². The van der Waals surface area contributed by atoms with Crippen LogP contribution < -0.4 is 4.74 Å². The van der Waals surface area contributed by atoms with Gasteiger partial charge in [0.05, 0.1) is 6.61 Å². The molecule has 0 amide bonds. The Morgan fingerprint density at radius 1 is 1.18 bits per heavy atom. The number of carbonyl (C=O) groups excluding carboxylic acids is 3. The van der Waals surface area contributed by atoms with Gasteiger partial charge in [-0.05, 0) is 31.9 Å². The van der Waals surface area contributed by atoms with Crippen molar-refractivity contribution < 1.29 is 23.9 Å². The van der Waals surface area contributed by atoms with Crippen molar-refractivity contribution in [3.63, 3.8) is 0 Å². The molecule has 0 saturated heterocycles. The van der Waals surface area contributed by atoms with Gasteiger partial charge in [-0.15, -0.1) is 0 Å². The van der Waals surface area contributed by atoms with Crippen LogP contribution in [-0.4, -0.2) is 24.3 Å². The van der Waals surface area contributed by atoms with Crippen molar-refractivity contribution in [1.82, 2.24) is 0 Å². The number of rotatable bonds is 4. The normalized spacial score (nSPS) is 22.6. The first-order valence-electron chi connectivity index (χ1n) is 9.29. The number of carbonyl (C=O) groups is 3. The van der Waals surface area contributed by atoms with Crippen molar-refractivity contribution in [3.05, 3.63) is 76.9 Å². The van der Waals surface area contributed by atoms with Crippen LogP contribution >= 0.6 is 0 Å². The van der Waals surface area contributed by atoms with E-state index in [2.05, 4.69) is 0 Å². The summed E-state index contributed by atoms with van der Waals surface area (Å²) in [5.41, 5.74) is 0.844. The topological polar surface area (TPSA) is 69.7 Å². The largest absolute Gasteiger partial charge is 0.463 e. The maximum absolute atomic E-state index is 13.5. The average molecular weight is 376 g/mol. The molecule has 1 aliphatic heterocycles. The molecule has 0 aromatic heterocycles. The molecule has 2 atom stereocenters. The quantitative estimate of drug-likeness (QED) is 0.352. The van der Waals surface area contributed by atoms with Crippen molar-refractivity contribution in [2.75, 3.05) is 6.61 Å². The molecule has 142 valence electrons. The van der Waals surface area contributed by atoms with Gasteiger partial charge in [-0.1, -0.05) is 48.5 Å². The molecular formula is C23H20O5. The molecule has 4 rings (SSSR count). The first-order chi connectivity index (χ1) is 13.5. The van der Waals surface area contributed by atoms with E-state index in [1.165, 1.54) is 0 Å². The van der Waals surface area contributed by atoms with Gasteiger partial charge in [0, 0.05) is 22.6 Å². The summed E-state index contributed by atoms with van der Waals surface area (Å²) in [5, 5.41) is 0. The Balaban J connectivity index is 1.90. The van der Waals surface area contributed by atoms with Crippen LogP contribution in [0.3, 0.4) is 0 Å². The van der Waals surface area contributed by atoms with Gasteiger partial charge in [0.2, 0.25) is 0 Å². The van der Waals surface area contributed by atoms with Crippen LogP contribution in [0.4, 0.5) is 0 Å². The summed E-state index contributed by atoms with van der Waals surface area (Å²) in [5.74, 6) is -1.80. The van der Waals surface area contributed by atoms with Gasteiger partial charge in [0.15, 0.2) is 5.78 Å². The molecule has 5 heteroatoms. The number of fused-ring (bicyclic) bond motifs is 3. The molecule has 0 saturated carbocycles. The van der Waals surface area contributed by atoms with Crippen LogP contribution in [-0.2, 0) is 14.3 Å². The zero-order valence-electron chi connectivity index (χ0n) is 15.7. The Morgan fingerprint density at radius 2 is 1.93 bits per heavy atom. The number of hydrogen-bond donors (Lipinski definition) is 0. The molecule has 1 heterocycles. The molecule has 0 bridgehead atoms. The Morgan fingerprint density at radius 3 is 2.64 bits per heavy atom. The fourth-order valence-electron chi connectivity index (χ4n) is 4.14. The minimum Gasteiger partial charge on any atom is -0.463 e. The van der Waals surface area contributed by atoms with Crippen molar-refractivity contribution in [2.45, 2.75) is 26.2 Å². The lowest BCUT2D eigenvalue weighted by atomic mass is 9.66. The number of ketones is 1. The molecule has 2 aliphatic rings. The minimum atomic E-state index is -1.49. The zero-order valence-corrected chi connectivity index (χ0v) is 15.7. The third-order valence-electron chi connectivity index (χ3n) is 5.45. The second-order valence-corrected chi connectivity index (χ2v) is 7.11. The maximum atomic E-state index is 13.5. The number of allylic oxidation sites excluding steroid dienone is 1. The number of esters is 2. The first-order valence-corrected chi connectivity index (χ1v) is 9.29. The van der Waals surface area contributed by atoms with Crippen LogP contribution in [0.5, 0.6) is 5.75 Å². The molecule has 1 aliphatic carbocycles. The minimum absolute atomic E-state index is 0.103. The van der Waals surface area contributed by atoms with E-state index in [4.69, 9.17) is 9.47 Å². The van der Waals surface area contributed by atoms with Crippen molar-refractivity contribution in [3.8, 4) is 5.75 Å². The van der Waals surface area contributed by atoms with Gasteiger partial charge in [-0.25, -0.2) is 4.79 Å². The van der Waals surface area contributed by atoms with Gasteiger partial charge in [-0.3, -0.25) is 9.59 Å². The number of aryl methyl sites for hydroxylation is 1. The SMILES string of the molecule is CCOC(=O)C1=CCC2(C(=O)c3ccccc3)C(=O)Oc3cc(C)ccc3C12. The molecule has 0 fully saturated rings. The summed E-state index contributed by atoms with van der Waals surface area (Å²) < 4.78 is 10.8. The molecule has 2 aromatic carbocycles. The van der Waals surface area contributed by atoms with E-state index >= 15 is 0 Å². The second-order valence-electron chi connectivity index (χ2n) is 7.11. The van der Waals surface area contributed by atoms with E-state index in [0.717, 1.165) is 5.56 Å². The molecule has 2 aromatic rings. The summed E-state index contributed by atoms with van der Waals surface area (Å²) in [6.07, 6.45) is 1.76. The molecular weight excluding hydrogens is 356 g/mol. The molecule has 2 unspecified atom stereocenters. The lowest BCUT2D eigenvalue weighted by Crippen LogP contribution is -2.48. The molecule has 0 radical (unpaired) electrons. The predicted octanol–water partition coefficient (Wildman–Crippen LogP) is 3.76. The number of hydrogen-bond acceptors (Lipinski definition) is 5. The molecule has 0 spiro atoms. The maximum Gasteiger partial charge on any atom is 0.334 e. The molecule has 5 nitrogen and oxygen atoms in total. The standard InChI is InChI=1S/C23H20O5/c1-3-27-21(25)17-11-12-23(20(24)15-7-5-4-6-8-15)19(17)16-10-9-14(2)13-18(16)28-22(23)26/h4-11,13,19H,3,12H2,1-2H3. The predicted molar refractivity (Wildman–Crippen MR) is 102 cm³/mol. The first kappa shape index (κ1) is 18.2. The van der Waals surface area contributed by atoms with E-state index in [0.29, 0.717) is 22.4 Å². The van der Waals surface area contributed by atoms with Gasteiger partial charge >= 0.3 is 11.9 Å². The van der Waals surface area contributed by atoms with Crippen LogP contribution in [0.1, 0.15) is 40.7 Å². The summed E-state index contributed by atoms with van der Waals surface area (Å²) in [6, 6.07) is 14.1. The van der Waals surface area contributed by atoms with Crippen LogP contribution in [0.15, 0.2) is 60.2 Å². The van der Waals surface area contributed by atoms with Crippen LogP contribution in [0.2, 0.25) is 0 Å². The van der Waals surface area contributed by atoms with Crippen LogP contribution in [0.25, 0.3) is 0 Å². The monoisotopic (exact) mass is 376 g/mol. The third-order valence-corrected chi connectivity index (χ3v) is 5.45. The third kappa shape index (κ3) is 2.58. The van der Waals surface area contributed by atoms with E-state index in [-0.39, 0.29) is 18.8 Å². The highest BCUT2D eigenvalue weighted by Gasteiger charge is 2.61. The molecule has 28 heavy (non-hydrogen) atoms. The highest BCUT2D eigenvalue weighted by atomic mass is 16.5. The van der Waals surface area contributed by atoms with Gasteiger partial charge in [0.25, 0.3) is 0 Å². The Bertz CT molecular complexity index is 1000. The van der Waals surface area contributed by atoms with E-state index in [1.54, 1.807) is 49.4 Å². The summed E-state index contributed by atoms with van der Waals surface area (Å²) in [4.78, 5) is 39.3. The smallest absolute Gasteiger partial charge is 0.334 e. The Hall–Kier alpha value is -3.21. The molecule has 0 N–H and O–H groups in total. The average Bonchev–Trinajstić information content (AvgIpc) is 3.10. The number of ether oxygens (including phenoxy) is 2. The van der Waals surface area contributed by atoms with E-state index in [1.807, 2.05) is 19.1 Å². The van der Waals surface area contributed by atoms with Crippen LogP contribution in [0, 0.1) is 12.3 Å². The summed E-state index contributed by atoms with van der Waals surface area (Å²) in [6.45, 7) is 3.83. The second kappa shape index (κ2) is 6.75. The van der Waals surface area contributed by atoms with Crippen molar-refractivity contribution in [2.24, 2.45) is 5.41 Å². The Labute approximate surface area is 163 Å². The van der Waals surface area contributed by atoms with E-state index < -0.39 is 23.3 Å². The highest BCUT2D eigenvalue weighted by molar-refractivity contribution is 6.17. The number of Topliss-reactive ketones (excluding diaryl/α,β-unsaturated/α-hetero) is 1. The summed E-state index contributed by atoms with van der Waals surface area (Å²) >= 11 is 0. The fraction of sp³-hybridized carbons (Fsp3) is 0.261. The van der Waals surface area contributed by atoms with Gasteiger partial charge in [0.1, 0.15) is 11.2 Å². The number of benzene rings is 2. The zero-order chi connectivity index (χ0) is 19.9. The Kier molecular flexibility index (Phi) is 4.38. The highest BCUT2D eigenvalue weighted by Crippen LogP contribution is 2.57.